The minimum Gasteiger partial charge on any atom is -0.478 e. The lowest BCUT2D eigenvalue weighted by atomic mass is 9.88. The van der Waals surface area contributed by atoms with E-state index < -0.39 is 59.1 Å². The number of hydrogen-bond acceptors (Lipinski definition) is 6. The number of rotatable bonds is 8. The van der Waals surface area contributed by atoms with Crippen LogP contribution in [0.2, 0.25) is 0 Å². The highest BCUT2D eigenvalue weighted by Gasteiger charge is 2.36. The minimum atomic E-state index is -1.61. The fourth-order valence-electron chi connectivity index (χ4n) is 1.97. The second kappa shape index (κ2) is 9.05. The number of hydrogen-bond donors (Lipinski definition) is 2. The number of esters is 2. The average molecular weight is 344 g/mol. The van der Waals surface area contributed by atoms with Gasteiger partial charge in [-0.25, -0.2) is 9.59 Å². The zero-order valence-corrected chi connectivity index (χ0v) is 14.7. The molecule has 0 saturated heterocycles. The molecule has 0 bridgehead atoms. The molecule has 24 heavy (non-hydrogen) atoms. The summed E-state index contributed by atoms with van der Waals surface area (Å²) in [5.74, 6) is -7.69. The van der Waals surface area contributed by atoms with E-state index in [9.17, 15) is 29.4 Å². The SMILES string of the molecule is CC(C)OC(=O)C(C)/C(C(=O)O)=C(\C(=O)O)C(C)C(=O)OC(C)C. The van der Waals surface area contributed by atoms with Crippen molar-refractivity contribution >= 4 is 23.9 Å². The summed E-state index contributed by atoms with van der Waals surface area (Å²) in [5, 5.41) is 18.8. The summed E-state index contributed by atoms with van der Waals surface area (Å²) in [4.78, 5) is 47.0. The first-order valence-electron chi connectivity index (χ1n) is 7.51. The topological polar surface area (TPSA) is 127 Å². The van der Waals surface area contributed by atoms with E-state index in [2.05, 4.69) is 0 Å². The van der Waals surface area contributed by atoms with Gasteiger partial charge in [0.2, 0.25) is 0 Å². The van der Waals surface area contributed by atoms with Crippen molar-refractivity contribution < 1.29 is 38.9 Å². The number of aliphatic carboxylic acids is 2. The van der Waals surface area contributed by atoms with Crippen LogP contribution in [0.3, 0.4) is 0 Å². The Morgan fingerprint density at radius 3 is 1.04 bits per heavy atom. The Bertz CT molecular complexity index is 496. The monoisotopic (exact) mass is 344 g/mol. The maximum Gasteiger partial charge on any atom is 0.333 e. The van der Waals surface area contributed by atoms with Crippen LogP contribution in [0.5, 0.6) is 0 Å². The van der Waals surface area contributed by atoms with Crippen molar-refractivity contribution in [2.45, 2.75) is 53.8 Å². The van der Waals surface area contributed by atoms with Crippen LogP contribution in [0.25, 0.3) is 0 Å². The highest BCUT2D eigenvalue weighted by Crippen LogP contribution is 2.25. The lowest BCUT2D eigenvalue weighted by Crippen LogP contribution is -2.31. The summed E-state index contributed by atoms with van der Waals surface area (Å²) in [6.07, 6.45) is -0.988. The van der Waals surface area contributed by atoms with Gasteiger partial charge in [0.25, 0.3) is 0 Å². The second-order valence-corrected chi connectivity index (χ2v) is 5.85. The molecule has 2 N–H and O–H groups in total. The van der Waals surface area contributed by atoms with E-state index in [-0.39, 0.29) is 0 Å². The number of carbonyl (C=O) groups excluding carboxylic acids is 2. The van der Waals surface area contributed by atoms with Crippen LogP contribution >= 0.6 is 0 Å². The standard InChI is InChI=1S/C16H24O8/c1-7(2)23-15(21)9(5)11(13(17)18)12(14(19)20)10(6)16(22)24-8(3)4/h7-10H,1-6H3,(H,17,18)(H,19,20)/b12-11+. The molecule has 0 aromatic heterocycles. The summed E-state index contributed by atoms with van der Waals surface area (Å²) in [5.41, 5.74) is -1.39. The van der Waals surface area contributed by atoms with Crippen molar-refractivity contribution in [3.05, 3.63) is 11.1 Å². The molecule has 0 aromatic carbocycles. The molecule has 2 atom stereocenters. The molecule has 0 heterocycles. The average Bonchev–Trinajstić information content (AvgIpc) is 2.40. The van der Waals surface area contributed by atoms with Crippen LogP contribution in [0.1, 0.15) is 41.5 Å². The van der Waals surface area contributed by atoms with Gasteiger partial charge in [-0.05, 0) is 41.5 Å². The third-order valence-corrected chi connectivity index (χ3v) is 3.03. The second-order valence-electron chi connectivity index (χ2n) is 5.85. The molecule has 136 valence electrons. The van der Waals surface area contributed by atoms with E-state index in [0.29, 0.717) is 0 Å². The molecule has 0 aromatic rings. The molecule has 0 radical (unpaired) electrons. The maximum atomic E-state index is 12.0. The molecular formula is C16H24O8. The summed E-state index contributed by atoms with van der Waals surface area (Å²) < 4.78 is 9.86. The molecule has 0 spiro atoms. The van der Waals surface area contributed by atoms with Gasteiger partial charge < -0.3 is 19.7 Å². The van der Waals surface area contributed by atoms with Gasteiger partial charge >= 0.3 is 23.9 Å². The first-order valence-corrected chi connectivity index (χ1v) is 7.51. The van der Waals surface area contributed by atoms with Crippen molar-refractivity contribution in [1.29, 1.82) is 0 Å². The molecule has 0 rings (SSSR count). The number of carbonyl (C=O) groups is 4. The molecule has 0 fully saturated rings. The molecule has 0 aliphatic rings. The van der Waals surface area contributed by atoms with Crippen LogP contribution in [-0.2, 0) is 28.7 Å². The lowest BCUT2D eigenvalue weighted by molar-refractivity contribution is -0.154. The normalized spacial score (nSPS) is 14.7. The van der Waals surface area contributed by atoms with Gasteiger partial charge in [0.1, 0.15) is 0 Å². The van der Waals surface area contributed by atoms with Crippen molar-refractivity contribution in [2.75, 3.05) is 0 Å². The van der Waals surface area contributed by atoms with E-state index in [1.54, 1.807) is 27.7 Å². The first-order chi connectivity index (χ1) is 10.9. The Morgan fingerprint density at radius 1 is 0.625 bits per heavy atom. The molecule has 8 nitrogen and oxygen atoms in total. The van der Waals surface area contributed by atoms with Crippen molar-refractivity contribution in [3.63, 3.8) is 0 Å². The van der Waals surface area contributed by atoms with Gasteiger partial charge in [-0.2, -0.15) is 0 Å². The van der Waals surface area contributed by atoms with Gasteiger partial charge in [-0.15, -0.1) is 0 Å². The molecular weight excluding hydrogens is 320 g/mol. The Labute approximate surface area is 140 Å². The molecule has 0 aliphatic carbocycles. The van der Waals surface area contributed by atoms with Crippen LogP contribution in [-0.4, -0.2) is 46.3 Å². The fourth-order valence-corrected chi connectivity index (χ4v) is 1.97. The third kappa shape index (κ3) is 6.02. The highest BCUT2D eigenvalue weighted by molar-refractivity contribution is 6.05. The zero-order chi connectivity index (χ0) is 19.2. The Kier molecular flexibility index (Phi) is 8.15. The molecule has 8 heteroatoms. The van der Waals surface area contributed by atoms with Gasteiger partial charge in [0.15, 0.2) is 0 Å². The van der Waals surface area contributed by atoms with Gasteiger partial charge in [0, 0.05) is 0 Å². The van der Waals surface area contributed by atoms with E-state index in [1.165, 1.54) is 13.8 Å². The van der Waals surface area contributed by atoms with E-state index in [1.807, 2.05) is 0 Å². The summed E-state index contributed by atoms with van der Waals surface area (Å²) in [6, 6.07) is 0. The zero-order valence-electron chi connectivity index (χ0n) is 14.7. The van der Waals surface area contributed by atoms with Crippen molar-refractivity contribution in [1.82, 2.24) is 0 Å². The van der Waals surface area contributed by atoms with Crippen LogP contribution in [0, 0.1) is 11.8 Å². The molecule has 0 amide bonds. The third-order valence-electron chi connectivity index (χ3n) is 3.03. The maximum absolute atomic E-state index is 12.0. The highest BCUT2D eigenvalue weighted by atomic mass is 16.5. The predicted molar refractivity (Wildman–Crippen MR) is 83.1 cm³/mol. The molecule has 2 unspecified atom stereocenters. The molecule has 0 aliphatic heterocycles. The van der Waals surface area contributed by atoms with Crippen molar-refractivity contribution in [3.8, 4) is 0 Å². The molecule has 0 saturated carbocycles. The Morgan fingerprint density at radius 2 is 0.875 bits per heavy atom. The van der Waals surface area contributed by atoms with E-state index in [0.717, 1.165) is 0 Å². The van der Waals surface area contributed by atoms with Crippen LogP contribution in [0.4, 0.5) is 0 Å². The number of ether oxygens (including phenoxy) is 2. The summed E-state index contributed by atoms with van der Waals surface area (Å²) in [6.45, 7) is 8.76. The summed E-state index contributed by atoms with van der Waals surface area (Å²) >= 11 is 0. The number of carboxylic acids is 2. The first kappa shape index (κ1) is 21.6. The Hall–Kier alpha value is -2.38. The quantitative estimate of drug-likeness (QED) is 0.502. The van der Waals surface area contributed by atoms with Crippen LogP contribution in [0.15, 0.2) is 11.1 Å². The Balaban J connectivity index is 6.00. The van der Waals surface area contributed by atoms with Crippen molar-refractivity contribution in [2.24, 2.45) is 11.8 Å². The lowest BCUT2D eigenvalue weighted by Gasteiger charge is -2.20. The van der Waals surface area contributed by atoms with Gasteiger partial charge in [-0.3, -0.25) is 9.59 Å². The van der Waals surface area contributed by atoms with E-state index in [4.69, 9.17) is 9.47 Å². The van der Waals surface area contributed by atoms with Gasteiger partial charge in [-0.1, -0.05) is 0 Å². The predicted octanol–water partition coefficient (Wildman–Crippen LogP) is 1.63. The smallest absolute Gasteiger partial charge is 0.333 e. The minimum absolute atomic E-state index is 0.494. The largest absolute Gasteiger partial charge is 0.478 e. The van der Waals surface area contributed by atoms with Crippen LogP contribution < -0.4 is 0 Å². The van der Waals surface area contributed by atoms with Gasteiger partial charge in [0.05, 0.1) is 35.2 Å². The van der Waals surface area contributed by atoms with E-state index >= 15 is 0 Å². The fraction of sp³-hybridized carbons (Fsp3) is 0.625. The summed E-state index contributed by atoms with van der Waals surface area (Å²) in [7, 11) is 0. The number of carboxylic acid groups (broad SMARTS) is 2.